The Balaban J connectivity index is 2.97. The van der Waals surface area contributed by atoms with Gasteiger partial charge in [-0.25, -0.2) is 0 Å². The normalized spacial score (nSPS) is 9.40. The van der Waals surface area contributed by atoms with Crippen molar-refractivity contribution in [3.8, 4) is 11.8 Å². The van der Waals surface area contributed by atoms with E-state index in [1.807, 2.05) is 13.0 Å². The number of nitrogens with zero attached hydrogens (tertiary/aromatic N) is 1. The molecule has 20 heavy (non-hydrogen) atoms. The van der Waals surface area contributed by atoms with Crippen LogP contribution in [0.3, 0.4) is 0 Å². The van der Waals surface area contributed by atoms with Crippen LogP contribution < -0.4 is 5.73 Å². The molecular weight excluding hydrogens is 256 g/mol. The molecule has 5 nitrogen and oxygen atoms in total. The molecule has 1 amide bonds. The van der Waals surface area contributed by atoms with Gasteiger partial charge in [0.15, 0.2) is 0 Å². The summed E-state index contributed by atoms with van der Waals surface area (Å²) in [4.78, 5) is 24.7. The van der Waals surface area contributed by atoms with Gasteiger partial charge in [-0.3, -0.25) is 9.59 Å². The minimum Gasteiger partial charge on any atom is -0.468 e. The molecule has 0 radical (unpaired) electrons. The minimum atomic E-state index is -0.461. The Morgan fingerprint density at radius 3 is 2.65 bits per heavy atom. The summed E-state index contributed by atoms with van der Waals surface area (Å²) in [5.41, 5.74) is 7.46. The zero-order valence-electron chi connectivity index (χ0n) is 11.9. The van der Waals surface area contributed by atoms with E-state index < -0.39 is 5.97 Å². The second-order valence-corrected chi connectivity index (χ2v) is 4.33. The first-order valence-corrected chi connectivity index (χ1v) is 6.11. The molecule has 2 N–H and O–H groups in total. The Kier molecular flexibility index (Phi) is 5.75. The van der Waals surface area contributed by atoms with Gasteiger partial charge in [0.2, 0.25) is 0 Å². The van der Waals surface area contributed by atoms with Gasteiger partial charge in [0.25, 0.3) is 5.91 Å². The number of esters is 1. The third-order valence-electron chi connectivity index (χ3n) is 2.60. The highest BCUT2D eigenvalue weighted by Gasteiger charge is 2.15. The summed E-state index contributed by atoms with van der Waals surface area (Å²) in [6.45, 7) is 2.05. The molecule has 0 saturated carbocycles. The van der Waals surface area contributed by atoms with E-state index >= 15 is 0 Å². The maximum atomic E-state index is 12.2. The van der Waals surface area contributed by atoms with Gasteiger partial charge in [-0.2, -0.15) is 0 Å². The number of hydrogen-bond acceptors (Lipinski definition) is 4. The van der Waals surface area contributed by atoms with Crippen LogP contribution in [0.25, 0.3) is 0 Å². The average Bonchev–Trinajstić information content (AvgIpc) is 2.43. The zero-order chi connectivity index (χ0) is 15.1. The van der Waals surface area contributed by atoms with Gasteiger partial charge in [-0.15, -0.1) is 0 Å². The zero-order valence-corrected chi connectivity index (χ0v) is 11.9. The number of carbonyl (C=O) groups excluding carboxylic acids is 2. The van der Waals surface area contributed by atoms with Crippen LogP contribution in [-0.4, -0.2) is 44.0 Å². The summed E-state index contributed by atoms with van der Waals surface area (Å²) in [7, 11) is 2.83. The molecule has 0 heterocycles. The molecule has 0 fully saturated rings. The molecule has 1 aromatic carbocycles. The molecule has 5 heteroatoms. The molecule has 0 saturated heterocycles. The van der Waals surface area contributed by atoms with Crippen molar-refractivity contribution in [2.45, 2.75) is 6.92 Å². The molecule has 1 rings (SSSR count). The van der Waals surface area contributed by atoms with E-state index in [1.54, 1.807) is 19.2 Å². The Bertz CT molecular complexity index is 570. The lowest BCUT2D eigenvalue weighted by molar-refractivity contribution is -0.141. The van der Waals surface area contributed by atoms with Crippen LogP contribution in [0.15, 0.2) is 18.2 Å². The number of rotatable bonds is 3. The quantitative estimate of drug-likeness (QED) is 0.645. The van der Waals surface area contributed by atoms with Crippen molar-refractivity contribution in [1.82, 2.24) is 4.90 Å². The van der Waals surface area contributed by atoms with Crippen LogP contribution in [0, 0.1) is 18.8 Å². The average molecular weight is 274 g/mol. The fraction of sp³-hybridized carbons (Fsp3) is 0.333. The van der Waals surface area contributed by atoms with E-state index in [9.17, 15) is 9.59 Å². The molecule has 106 valence electrons. The lowest BCUT2D eigenvalue weighted by Gasteiger charge is -2.16. The van der Waals surface area contributed by atoms with Gasteiger partial charge >= 0.3 is 5.97 Å². The minimum absolute atomic E-state index is 0.0902. The molecule has 0 unspecified atom stereocenters. The SMILES string of the molecule is COC(=O)CN(C)C(=O)c1cc(C)cc(C#CCN)c1. The molecule has 0 aromatic heterocycles. The standard InChI is InChI=1S/C15H18N2O3/c1-11-7-12(5-4-6-16)9-13(8-11)15(19)17(2)10-14(18)20-3/h7-9H,6,10,16H2,1-3H3. The van der Waals surface area contributed by atoms with Crippen molar-refractivity contribution < 1.29 is 14.3 Å². The number of benzene rings is 1. The van der Waals surface area contributed by atoms with Gasteiger partial charge < -0.3 is 15.4 Å². The molecule has 0 bridgehead atoms. The van der Waals surface area contributed by atoms with Crippen molar-refractivity contribution >= 4 is 11.9 Å². The number of aryl methyl sites for hydroxylation is 1. The lowest BCUT2D eigenvalue weighted by atomic mass is 10.1. The van der Waals surface area contributed by atoms with Gasteiger partial charge in [-0.1, -0.05) is 11.8 Å². The van der Waals surface area contributed by atoms with Crippen molar-refractivity contribution in [1.29, 1.82) is 0 Å². The van der Waals surface area contributed by atoms with E-state index in [0.717, 1.165) is 11.1 Å². The monoisotopic (exact) mass is 274 g/mol. The van der Waals surface area contributed by atoms with Crippen molar-refractivity contribution in [2.75, 3.05) is 27.2 Å². The predicted octanol–water partition coefficient (Wildman–Crippen LogP) is 0.550. The van der Waals surface area contributed by atoms with E-state index in [2.05, 4.69) is 16.6 Å². The highest BCUT2D eigenvalue weighted by molar-refractivity contribution is 5.96. The van der Waals surface area contributed by atoms with E-state index in [0.29, 0.717) is 5.56 Å². The smallest absolute Gasteiger partial charge is 0.325 e. The highest BCUT2D eigenvalue weighted by atomic mass is 16.5. The first-order chi connectivity index (χ1) is 9.47. The van der Waals surface area contributed by atoms with Crippen LogP contribution in [0.1, 0.15) is 21.5 Å². The topological polar surface area (TPSA) is 72.6 Å². The van der Waals surface area contributed by atoms with Crippen LogP contribution in [0.4, 0.5) is 0 Å². The van der Waals surface area contributed by atoms with Crippen molar-refractivity contribution in [3.63, 3.8) is 0 Å². The van der Waals surface area contributed by atoms with Gasteiger partial charge in [-0.05, 0) is 30.7 Å². The summed E-state index contributed by atoms with van der Waals surface area (Å²) in [6.07, 6.45) is 0. The Labute approximate surface area is 118 Å². The first kappa shape index (κ1) is 15.7. The second kappa shape index (κ2) is 7.31. The fourth-order valence-corrected chi connectivity index (χ4v) is 1.68. The maximum absolute atomic E-state index is 12.2. The molecule has 0 atom stereocenters. The van der Waals surface area contributed by atoms with Gasteiger partial charge in [0, 0.05) is 18.2 Å². The van der Waals surface area contributed by atoms with Crippen molar-refractivity contribution in [3.05, 3.63) is 34.9 Å². The molecular formula is C15H18N2O3. The Morgan fingerprint density at radius 1 is 1.35 bits per heavy atom. The Hall–Kier alpha value is -2.32. The summed E-state index contributed by atoms with van der Waals surface area (Å²) in [5, 5.41) is 0. The number of nitrogens with two attached hydrogens (primary N) is 1. The van der Waals surface area contributed by atoms with Gasteiger partial charge in [0.1, 0.15) is 6.54 Å². The fourth-order valence-electron chi connectivity index (χ4n) is 1.68. The molecule has 0 aliphatic carbocycles. The lowest BCUT2D eigenvalue weighted by Crippen LogP contribution is -2.32. The van der Waals surface area contributed by atoms with E-state index in [4.69, 9.17) is 5.73 Å². The molecule has 0 aliphatic heterocycles. The number of ether oxygens (including phenoxy) is 1. The summed E-state index contributed by atoms with van der Waals surface area (Å²) < 4.78 is 4.54. The number of methoxy groups -OCH3 is 1. The molecule has 0 spiro atoms. The summed E-state index contributed by atoms with van der Waals surface area (Å²) >= 11 is 0. The number of hydrogen-bond donors (Lipinski definition) is 1. The third-order valence-corrected chi connectivity index (χ3v) is 2.60. The van der Waals surface area contributed by atoms with Crippen LogP contribution in [0.2, 0.25) is 0 Å². The first-order valence-electron chi connectivity index (χ1n) is 6.11. The van der Waals surface area contributed by atoms with Crippen molar-refractivity contribution in [2.24, 2.45) is 5.73 Å². The molecule has 1 aromatic rings. The van der Waals surface area contributed by atoms with Crippen LogP contribution in [-0.2, 0) is 9.53 Å². The predicted molar refractivity (Wildman–Crippen MR) is 76.1 cm³/mol. The number of likely N-dealkylation sites (N-methyl/N-ethyl adjacent to an activating group) is 1. The summed E-state index contributed by atoms with van der Waals surface area (Å²) in [6, 6.07) is 5.31. The van der Waals surface area contributed by atoms with Gasteiger partial charge in [0.05, 0.1) is 13.7 Å². The maximum Gasteiger partial charge on any atom is 0.325 e. The number of amides is 1. The third kappa shape index (κ3) is 4.41. The number of carbonyl (C=O) groups is 2. The Morgan fingerprint density at radius 2 is 2.05 bits per heavy atom. The van der Waals surface area contributed by atoms with E-state index in [-0.39, 0.29) is 19.0 Å². The van der Waals surface area contributed by atoms with Crippen LogP contribution >= 0.6 is 0 Å². The van der Waals surface area contributed by atoms with Crippen LogP contribution in [0.5, 0.6) is 0 Å². The molecule has 0 aliphatic rings. The largest absolute Gasteiger partial charge is 0.468 e. The second-order valence-electron chi connectivity index (χ2n) is 4.33. The summed E-state index contributed by atoms with van der Waals surface area (Å²) in [5.74, 6) is 4.93. The highest BCUT2D eigenvalue weighted by Crippen LogP contribution is 2.11. The van der Waals surface area contributed by atoms with E-state index in [1.165, 1.54) is 12.0 Å².